The van der Waals surface area contributed by atoms with Crippen LogP contribution < -0.4 is 10.1 Å². The molecule has 0 saturated heterocycles. The van der Waals surface area contributed by atoms with Crippen LogP contribution in [0.25, 0.3) is 0 Å². The van der Waals surface area contributed by atoms with Crippen LogP contribution in [0.15, 0.2) is 18.2 Å². The van der Waals surface area contributed by atoms with Crippen LogP contribution in [0.4, 0.5) is 4.39 Å². The van der Waals surface area contributed by atoms with E-state index in [-0.39, 0.29) is 11.9 Å². The Labute approximate surface area is 112 Å². The molecule has 0 aliphatic heterocycles. The second kappa shape index (κ2) is 7.09. The van der Waals surface area contributed by atoms with E-state index in [1.807, 2.05) is 6.92 Å². The van der Waals surface area contributed by atoms with E-state index < -0.39 is 12.1 Å². The van der Waals surface area contributed by atoms with Gasteiger partial charge in [-0.3, -0.25) is 0 Å². The normalized spacial score (nSPS) is 13.7. The molecule has 0 bridgehead atoms. The minimum atomic E-state index is -0.729. The van der Waals surface area contributed by atoms with Crippen molar-refractivity contribution in [2.45, 2.75) is 32.9 Å². The van der Waals surface area contributed by atoms with Crippen molar-refractivity contribution in [3.8, 4) is 5.75 Å². The predicted octanol–water partition coefficient (Wildman–Crippen LogP) is 2.44. The molecule has 1 N–H and O–H groups in total. The molecule has 2 atom stereocenters. The SMILES string of the molecule is CCOC(=O)C(C)Oc1ccc(F)cc1C(C)NC. The topological polar surface area (TPSA) is 47.6 Å². The summed E-state index contributed by atoms with van der Waals surface area (Å²) >= 11 is 0. The van der Waals surface area contributed by atoms with Crippen molar-refractivity contribution >= 4 is 5.97 Å². The quantitative estimate of drug-likeness (QED) is 0.806. The molecule has 0 amide bonds. The monoisotopic (exact) mass is 269 g/mol. The highest BCUT2D eigenvalue weighted by atomic mass is 19.1. The summed E-state index contributed by atoms with van der Waals surface area (Å²) in [7, 11) is 1.77. The fourth-order valence-corrected chi connectivity index (χ4v) is 1.62. The Morgan fingerprint density at radius 3 is 2.68 bits per heavy atom. The summed E-state index contributed by atoms with van der Waals surface area (Å²) in [6, 6.07) is 4.14. The van der Waals surface area contributed by atoms with Crippen molar-refractivity contribution in [1.82, 2.24) is 5.32 Å². The average Bonchev–Trinajstić information content (AvgIpc) is 2.40. The Hall–Kier alpha value is -1.62. The number of hydrogen-bond donors (Lipinski definition) is 1. The lowest BCUT2D eigenvalue weighted by Gasteiger charge is -2.19. The number of halogens is 1. The van der Waals surface area contributed by atoms with Gasteiger partial charge in [0.25, 0.3) is 0 Å². The Bertz CT molecular complexity index is 437. The largest absolute Gasteiger partial charge is 0.479 e. The first-order chi connectivity index (χ1) is 8.99. The van der Waals surface area contributed by atoms with Crippen LogP contribution >= 0.6 is 0 Å². The fraction of sp³-hybridized carbons (Fsp3) is 0.500. The molecule has 0 radical (unpaired) electrons. The predicted molar refractivity (Wildman–Crippen MR) is 70.6 cm³/mol. The molecule has 0 aliphatic rings. The molecule has 1 aromatic rings. The maximum Gasteiger partial charge on any atom is 0.347 e. The first-order valence-electron chi connectivity index (χ1n) is 6.29. The number of nitrogens with one attached hydrogen (secondary N) is 1. The van der Waals surface area contributed by atoms with E-state index in [0.717, 1.165) is 0 Å². The van der Waals surface area contributed by atoms with Gasteiger partial charge in [0.2, 0.25) is 0 Å². The van der Waals surface area contributed by atoms with Crippen molar-refractivity contribution < 1.29 is 18.7 Å². The van der Waals surface area contributed by atoms with Gasteiger partial charge < -0.3 is 14.8 Å². The number of carbonyl (C=O) groups is 1. The number of ether oxygens (including phenoxy) is 2. The molecule has 0 aliphatic carbocycles. The van der Waals surface area contributed by atoms with Crippen LogP contribution in [0.1, 0.15) is 32.4 Å². The van der Waals surface area contributed by atoms with E-state index >= 15 is 0 Å². The molecule has 19 heavy (non-hydrogen) atoms. The van der Waals surface area contributed by atoms with Gasteiger partial charge in [-0.25, -0.2) is 9.18 Å². The third-order valence-electron chi connectivity index (χ3n) is 2.79. The van der Waals surface area contributed by atoms with E-state index in [4.69, 9.17) is 9.47 Å². The highest BCUT2D eigenvalue weighted by Crippen LogP contribution is 2.26. The zero-order chi connectivity index (χ0) is 14.4. The summed E-state index contributed by atoms with van der Waals surface area (Å²) in [5, 5.41) is 3.01. The van der Waals surface area contributed by atoms with Crippen molar-refractivity contribution in [3.63, 3.8) is 0 Å². The van der Waals surface area contributed by atoms with Crippen LogP contribution in [-0.4, -0.2) is 25.7 Å². The van der Waals surface area contributed by atoms with Crippen LogP contribution in [0.3, 0.4) is 0 Å². The van der Waals surface area contributed by atoms with E-state index in [1.54, 1.807) is 20.9 Å². The number of rotatable bonds is 6. The fourth-order valence-electron chi connectivity index (χ4n) is 1.62. The molecule has 0 saturated carbocycles. The molecule has 5 heteroatoms. The molecular weight excluding hydrogens is 249 g/mol. The van der Waals surface area contributed by atoms with Gasteiger partial charge in [0.05, 0.1) is 6.61 Å². The van der Waals surface area contributed by atoms with E-state index in [1.165, 1.54) is 18.2 Å². The van der Waals surface area contributed by atoms with Crippen LogP contribution in [-0.2, 0) is 9.53 Å². The number of hydrogen-bond acceptors (Lipinski definition) is 4. The second-order valence-electron chi connectivity index (χ2n) is 4.20. The highest BCUT2D eigenvalue weighted by molar-refractivity contribution is 5.74. The first kappa shape index (κ1) is 15.4. The standard InChI is InChI=1S/C14H20FNO3/c1-5-18-14(17)10(3)19-13-7-6-11(15)8-12(13)9(2)16-4/h6-10,16H,5H2,1-4H3. The summed E-state index contributed by atoms with van der Waals surface area (Å²) in [6.45, 7) is 5.53. The first-order valence-corrected chi connectivity index (χ1v) is 6.29. The molecule has 0 heterocycles. The lowest BCUT2D eigenvalue weighted by Crippen LogP contribution is -2.27. The van der Waals surface area contributed by atoms with Crippen molar-refractivity contribution in [3.05, 3.63) is 29.6 Å². The van der Waals surface area contributed by atoms with Gasteiger partial charge in [-0.15, -0.1) is 0 Å². The Kier molecular flexibility index (Phi) is 5.76. The molecule has 1 rings (SSSR count). The van der Waals surface area contributed by atoms with E-state index in [9.17, 15) is 9.18 Å². The van der Waals surface area contributed by atoms with Gasteiger partial charge in [0, 0.05) is 11.6 Å². The van der Waals surface area contributed by atoms with Crippen molar-refractivity contribution in [2.24, 2.45) is 0 Å². The molecular formula is C14H20FNO3. The summed E-state index contributed by atoms with van der Waals surface area (Å²) < 4.78 is 23.7. The molecule has 4 nitrogen and oxygen atoms in total. The van der Waals surface area contributed by atoms with Gasteiger partial charge in [-0.2, -0.15) is 0 Å². The minimum absolute atomic E-state index is 0.0832. The third kappa shape index (κ3) is 4.21. The van der Waals surface area contributed by atoms with Gasteiger partial charge in [0.1, 0.15) is 11.6 Å². The van der Waals surface area contributed by atoms with E-state index in [2.05, 4.69) is 5.32 Å². The molecule has 1 aromatic carbocycles. The van der Waals surface area contributed by atoms with E-state index in [0.29, 0.717) is 17.9 Å². The Morgan fingerprint density at radius 1 is 1.42 bits per heavy atom. The summed E-state index contributed by atoms with van der Waals surface area (Å²) in [4.78, 5) is 11.5. The van der Waals surface area contributed by atoms with Gasteiger partial charge in [-0.05, 0) is 46.0 Å². The van der Waals surface area contributed by atoms with Crippen molar-refractivity contribution in [1.29, 1.82) is 0 Å². The Morgan fingerprint density at radius 2 is 2.11 bits per heavy atom. The highest BCUT2D eigenvalue weighted by Gasteiger charge is 2.19. The lowest BCUT2D eigenvalue weighted by atomic mass is 10.1. The molecule has 2 unspecified atom stereocenters. The lowest BCUT2D eigenvalue weighted by molar-refractivity contribution is -0.150. The molecule has 0 fully saturated rings. The maximum atomic E-state index is 13.3. The zero-order valence-corrected chi connectivity index (χ0v) is 11.7. The van der Waals surface area contributed by atoms with Crippen LogP contribution in [0.2, 0.25) is 0 Å². The zero-order valence-electron chi connectivity index (χ0n) is 11.7. The number of esters is 1. The van der Waals surface area contributed by atoms with Gasteiger partial charge in [-0.1, -0.05) is 0 Å². The number of benzene rings is 1. The van der Waals surface area contributed by atoms with Crippen LogP contribution in [0, 0.1) is 5.82 Å². The number of carbonyl (C=O) groups excluding carboxylic acids is 1. The molecule has 0 spiro atoms. The minimum Gasteiger partial charge on any atom is -0.479 e. The molecule has 0 aromatic heterocycles. The maximum absolute atomic E-state index is 13.3. The summed E-state index contributed by atoms with van der Waals surface area (Å²) in [5.41, 5.74) is 0.665. The van der Waals surface area contributed by atoms with Gasteiger partial charge in [0.15, 0.2) is 6.10 Å². The smallest absolute Gasteiger partial charge is 0.347 e. The average molecular weight is 269 g/mol. The Balaban J connectivity index is 2.91. The molecule has 106 valence electrons. The van der Waals surface area contributed by atoms with Gasteiger partial charge >= 0.3 is 5.97 Å². The second-order valence-corrected chi connectivity index (χ2v) is 4.20. The van der Waals surface area contributed by atoms with Crippen LogP contribution in [0.5, 0.6) is 5.75 Å². The third-order valence-corrected chi connectivity index (χ3v) is 2.79. The van der Waals surface area contributed by atoms with Crippen molar-refractivity contribution in [2.75, 3.05) is 13.7 Å². The summed E-state index contributed by atoms with van der Waals surface area (Å²) in [5.74, 6) is -0.299. The summed E-state index contributed by atoms with van der Waals surface area (Å²) in [6.07, 6.45) is -0.729.